The summed E-state index contributed by atoms with van der Waals surface area (Å²) in [4.78, 5) is 11.6. The molecule has 0 radical (unpaired) electrons. The summed E-state index contributed by atoms with van der Waals surface area (Å²) < 4.78 is 37.2. The van der Waals surface area contributed by atoms with Gasteiger partial charge < -0.3 is 11.1 Å². The van der Waals surface area contributed by atoms with E-state index in [0.29, 0.717) is 0 Å². The molecule has 0 saturated heterocycles. The van der Waals surface area contributed by atoms with Crippen LogP contribution in [-0.2, 0) is 11.0 Å². The van der Waals surface area contributed by atoms with Gasteiger partial charge in [-0.3, -0.25) is 4.79 Å². The fourth-order valence-corrected chi connectivity index (χ4v) is 1.53. The fraction of sp³-hybridized carbons (Fsp3) is 0.250. The number of rotatable bonds is 4. The molecule has 3 N–H and O–H groups in total. The molecule has 1 amide bonds. The standard InChI is InChI=1S/C12H12ClF3N2O/c1-2-3-9(17)11(19)18-10-5-4-7(6-8(10)13)12(14,15)16/h2,4-6,9H,1,3,17H2,(H,18,19). The van der Waals surface area contributed by atoms with Gasteiger partial charge in [-0.2, -0.15) is 13.2 Å². The highest BCUT2D eigenvalue weighted by Crippen LogP contribution is 2.33. The van der Waals surface area contributed by atoms with Crippen LogP contribution in [0.15, 0.2) is 30.9 Å². The fourth-order valence-electron chi connectivity index (χ4n) is 1.30. The molecule has 104 valence electrons. The number of alkyl halides is 3. The summed E-state index contributed by atoms with van der Waals surface area (Å²) >= 11 is 5.69. The van der Waals surface area contributed by atoms with Gasteiger partial charge in [0.05, 0.1) is 22.3 Å². The number of benzene rings is 1. The summed E-state index contributed by atoms with van der Waals surface area (Å²) in [5.74, 6) is -0.540. The van der Waals surface area contributed by atoms with Crippen LogP contribution >= 0.6 is 11.6 Å². The molecule has 1 rings (SSSR count). The Bertz CT molecular complexity index is 488. The zero-order valence-electron chi connectivity index (χ0n) is 9.80. The van der Waals surface area contributed by atoms with E-state index in [1.54, 1.807) is 0 Å². The number of hydrogen-bond donors (Lipinski definition) is 2. The topological polar surface area (TPSA) is 55.1 Å². The first-order valence-corrected chi connectivity index (χ1v) is 5.67. The number of amides is 1. The van der Waals surface area contributed by atoms with Crippen molar-refractivity contribution < 1.29 is 18.0 Å². The number of anilines is 1. The Morgan fingerprint density at radius 3 is 2.63 bits per heavy atom. The Balaban J connectivity index is 2.86. The molecule has 0 saturated carbocycles. The third-order valence-electron chi connectivity index (χ3n) is 2.31. The quantitative estimate of drug-likeness (QED) is 0.837. The molecule has 0 spiro atoms. The first-order valence-electron chi connectivity index (χ1n) is 5.29. The van der Waals surface area contributed by atoms with E-state index in [4.69, 9.17) is 17.3 Å². The Hall–Kier alpha value is -1.53. The number of nitrogens with one attached hydrogen (secondary N) is 1. The minimum atomic E-state index is -4.48. The average Bonchev–Trinajstić information content (AvgIpc) is 2.30. The van der Waals surface area contributed by atoms with E-state index in [2.05, 4.69) is 11.9 Å². The van der Waals surface area contributed by atoms with Crippen molar-refractivity contribution in [1.82, 2.24) is 0 Å². The lowest BCUT2D eigenvalue weighted by Gasteiger charge is -2.13. The van der Waals surface area contributed by atoms with Gasteiger partial charge in [-0.25, -0.2) is 0 Å². The second-order valence-corrected chi connectivity index (χ2v) is 4.22. The summed E-state index contributed by atoms with van der Waals surface area (Å²) in [6.07, 6.45) is -2.76. The second-order valence-electron chi connectivity index (χ2n) is 3.81. The van der Waals surface area contributed by atoms with Gasteiger partial charge >= 0.3 is 6.18 Å². The molecule has 7 heteroatoms. The molecule has 0 heterocycles. The predicted octanol–water partition coefficient (Wildman–Crippen LogP) is 3.20. The van der Waals surface area contributed by atoms with Crippen molar-refractivity contribution in [2.24, 2.45) is 5.73 Å². The van der Waals surface area contributed by atoms with E-state index in [1.165, 1.54) is 6.08 Å². The second kappa shape index (κ2) is 6.08. The van der Waals surface area contributed by atoms with Gasteiger partial charge in [0.15, 0.2) is 0 Å². The maximum Gasteiger partial charge on any atom is 0.416 e. The predicted molar refractivity (Wildman–Crippen MR) is 67.9 cm³/mol. The molecule has 0 aliphatic heterocycles. The molecule has 0 fully saturated rings. The Morgan fingerprint density at radius 1 is 1.53 bits per heavy atom. The van der Waals surface area contributed by atoms with Crippen molar-refractivity contribution >= 4 is 23.2 Å². The molecule has 1 aromatic carbocycles. The van der Waals surface area contributed by atoms with Crippen LogP contribution in [0.2, 0.25) is 5.02 Å². The van der Waals surface area contributed by atoms with Gasteiger partial charge in [0.25, 0.3) is 0 Å². The minimum Gasteiger partial charge on any atom is -0.323 e. The van der Waals surface area contributed by atoms with Gasteiger partial charge in [-0.1, -0.05) is 17.7 Å². The molecule has 1 atom stereocenters. The lowest BCUT2D eigenvalue weighted by molar-refractivity contribution is -0.137. The van der Waals surface area contributed by atoms with Gasteiger partial charge in [0, 0.05) is 0 Å². The van der Waals surface area contributed by atoms with Gasteiger partial charge in [0.1, 0.15) is 0 Å². The lowest BCUT2D eigenvalue weighted by Crippen LogP contribution is -2.35. The molecule has 0 bridgehead atoms. The van der Waals surface area contributed by atoms with Crippen molar-refractivity contribution in [3.05, 3.63) is 41.4 Å². The number of halogens is 4. The first kappa shape index (κ1) is 15.5. The van der Waals surface area contributed by atoms with Gasteiger partial charge in [-0.05, 0) is 24.6 Å². The monoisotopic (exact) mass is 292 g/mol. The van der Waals surface area contributed by atoms with E-state index < -0.39 is 23.7 Å². The Labute approximate surface area is 113 Å². The van der Waals surface area contributed by atoms with Crippen molar-refractivity contribution in [2.75, 3.05) is 5.32 Å². The largest absolute Gasteiger partial charge is 0.416 e. The van der Waals surface area contributed by atoms with Crippen LogP contribution in [0, 0.1) is 0 Å². The van der Waals surface area contributed by atoms with Crippen molar-refractivity contribution in [3.63, 3.8) is 0 Å². The normalized spacial score (nSPS) is 12.9. The third kappa shape index (κ3) is 4.25. The molecule has 0 aliphatic rings. The van der Waals surface area contributed by atoms with Crippen LogP contribution in [0.1, 0.15) is 12.0 Å². The van der Waals surface area contributed by atoms with Crippen LogP contribution in [0.4, 0.5) is 18.9 Å². The summed E-state index contributed by atoms with van der Waals surface area (Å²) in [6, 6.07) is 1.84. The van der Waals surface area contributed by atoms with Crippen LogP contribution < -0.4 is 11.1 Å². The lowest BCUT2D eigenvalue weighted by atomic mass is 10.1. The van der Waals surface area contributed by atoms with E-state index in [0.717, 1.165) is 18.2 Å². The molecule has 1 aromatic rings. The summed E-state index contributed by atoms with van der Waals surface area (Å²) in [6.45, 7) is 3.44. The molecule has 19 heavy (non-hydrogen) atoms. The third-order valence-corrected chi connectivity index (χ3v) is 2.62. The van der Waals surface area contributed by atoms with Crippen LogP contribution in [0.25, 0.3) is 0 Å². The number of hydrogen-bond acceptors (Lipinski definition) is 2. The van der Waals surface area contributed by atoms with E-state index in [-0.39, 0.29) is 17.1 Å². The number of carbonyl (C=O) groups excluding carboxylic acids is 1. The molecular formula is C12H12ClF3N2O. The summed E-state index contributed by atoms with van der Waals surface area (Å²) in [5, 5.41) is 2.16. The van der Waals surface area contributed by atoms with E-state index >= 15 is 0 Å². The highest BCUT2D eigenvalue weighted by Gasteiger charge is 2.31. The van der Waals surface area contributed by atoms with Crippen molar-refractivity contribution in [1.29, 1.82) is 0 Å². The average molecular weight is 293 g/mol. The number of nitrogens with two attached hydrogens (primary N) is 1. The molecular weight excluding hydrogens is 281 g/mol. The highest BCUT2D eigenvalue weighted by molar-refractivity contribution is 6.33. The molecule has 0 aromatic heterocycles. The molecule has 3 nitrogen and oxygen atoms in total. The van der Waals surface area contributed by atoms with E-state index in [1.807, 2.05) is 0 Å². The highest BCUT2D eigenvalue weighted by atomic mass is 35.5. The van der Waals surface area contributed by atoms with E-state index in [9.17, 15) is 18.0 Å². The maximum atomic E-state index is 12.4. The summed E-state index contributed by atoms with van der Waals surface area (Å²) in [7, 11) is 0. The number of carbonyl (C=O) groups is 1. The first-order chi connectivity index (χ1) is 8.75. The summed E-state index contributed by atoms with van der Waals surface area (Å²) in [5.41, 5.74) is 4.72. The van der Waals surface area contributed by atoms with Crippen molar-refractivity contribution in [3.8, 4) is 0 Å². The molecule has 0 aliphatic carbocycles. The van der Waals surface area contributed by atoms with Gasteiger partial charge in [-0.15, -0.1) is 6.58 Å². The minimum absolute atomic E-state index is 0.0826. The Kier molecular flexibility index (Phi) is 4.97. The van der Waals surface area contributed by atoms with Crippen LogP contribution in [0.3, 0.4) is 0 Å². The Morgan fingerprint density at radius 2 is 2.16 bits per heavy atom. The van der Waals surface area contributed by atoms with Crippen LogP contribution in [0.5, 0.6) is 0 Å². The SMILES string of the molecule is C=CCC(N)C(=O)Nc1ccc(C(F)(F)F)cc1Cl. The van der Waals surface area contributed by atoms with Crippen molar-refractivity contribution in [2.45, 2.75) is 18.6 Å². The maximum absolute atomic E-state index is 12.4. The zero-order valence-corrected chi connectivity index (χ0v) is 10.6. The van der Waals surface area contributed by atoms with Crippen LogP contribution in [-0.4, -0.2) is 11.9 Å². The van der Waals surface area contributed by atoms with Gasteiger partial charge in [0.2, 0.25) is 5.91 Å². The molecule has 1 unspecified atom stereocenters. The smallest absolute Gasteiger partial charge is 0.323 e. The zero-order chi connectivity index (χ0) is 14.6.